The summed E-state index contributed by atoms with van der Waals surface area (Å²) in [4.78, 5) is 11.2. The summed E-state index contributed by atoms with van der Waals surface area (Å²) in [5.41, 5.74) is 1.12. The zero-order chi connectivity index (χ0) is 9.97. The Hall–Kier alpha value is -0.670. The van der Waals surface area contributed by atoms with Gasteiger partial charge in [-0.3, -0.25) is 4.79 Å². The number of thioether (sulfide) groups is 1. The van der Waals surface area contributed by atoms with Gasteiger partial charge in [-0.1, -0.05) is 23.7 Å². The number of carbonyl (C=O) groups is 1. The molecule has 1 saturated heterocycles. The summed E-state index contributed by atoms with van der Waals surface area (Å²) in [5, 5.41) is 3.67. The molecule has 0 spiro atoms. The minimum absolute atomic E-state index is 0.112. The van der Waals surface area contributed by atoms with Gasteiger partial charge in [0.2, 0.25) is 5.91 Å². The van der Waals surface area contributed by atoms with Crippen LogP contribution in [0.25, 0.3) is 0 Å². The van der Waals surface area contributed by atoms with Crippen molar-refractivity contribution in [2.45, 2.75) is 6.04 Å². The Balaban J connectivity index is 2.14. The second-order valence-electron chi connectivity index (χ2n) is 3.19. The maximum absolute atomic E-state index is 11.2. The van der Waals surface area contributed by atoms with Crippen LogP contribution >= 0.6 is 23.4 Å². The molecule has 1 aromatic rings. The average Bonchev–Trinajstić information content (AvgIpc) is 2.19. The van der Waals surface area contributed by atoms with Crippen LogP contribution in [0.15, 0.2) is 24.3 Å². The molecule has 1 fully saturated rings. The van der Waals surface area contributed by atoms with Crippen LogP contribution in [0.1, 0.15) is 11.6 Å². The zero-order valence-electron chi connectivity index (χ0n) is 7.50. The Morgan fingerprint density at radius 2 is 2.07 bits per heavy atom. The number of amides is 1. The molecule has 14 heavy (non-hydrogen) atoms. The molecule has 2 rings (SSSR count). The van der Waals surface area contributed by atoms with Gasteiger partial charge in [0, 0.05) is 10.8 Å². The Morgan fingerprint density at radius 3 is 2.71 bits per heavy atom. The highest BCUT2D eigenvalue weighted by molar-refractivity contribution is 8.00. The van der Waals surface area contributed by atoms with Crippen molar-refractivity contribution in [1.82, 2.24) is 5.32 Å². The normalized spacial score (nSPS) is 21.8. The van der Waals surface area contributed by atoms with Crippen molar-refractivity contribution < 1.29 is 4.79 Å². The molecule has 0 aliphatic carbocycles. The maximum atomic E-state index is 11.2. The topological polar surface area (TPSA) is 29.1 Å². The fourth-order valence-electron chi connectivity index (χ4n) is 1.42. The van der Waals surface area contributed by atoms with Crippen LogP contribution in [0.5, 0.6) is 0 Å². The van der Waals surface area contributed by atoms with Crippen LogP contribution in [-0.4, -0.2) is 17.4 Å². The lowest BCUT2D eigenvalue weighted by molar-refractivity contribution is -0.119. The molecule has 1 aliphatic heterocycles. The fraction of sp³-hybridized carbons (Fsp3) is 0.300. The molecule has 2 nitrogen and oxygen atoms in total. The predicted molar refractivity (Wildman–Crippen MR) is 59.7 cm³/mol. The third-order valence-corrected chi connectivity index (χ3v) is 3.41. The van der Waals surface area contributed by atoms with Gasteiger partial charge in [0.25, 0.3) is 0 Å². The highest BCUT2D eigenvalue weighted by Gasteiger charge is 2.19. The summed E-state index contributed by atoms with van der Waals surface area (Å²) >= 11 is 7.45. The van der Waals surface area contributed by atoms with Crippen LogP contribution in [0.2, 0.25) is 5.02 Å². The van der Waals surface area contributed by atoms with Crippen molar-refractivity contribution in [2.75, 3.05) is 11.5 Å². The van der Waals surface area contributed by atoms with Crippen molar-refractivity contribution in [3.63, 3.8) is 0 Å². The molecular weight excluding hydrogens is 218 g/mol. The molecule has 0 bridgehead atoms. The molecule has 1 aromatic carbocycles. The Bertz CT molecular complexity index is 338. The number of hydrogen-bond acceptors (Lipinski definition) is 2. The highest BCUT2D eigenvalue weighted by atomic mass is 35.5. The van der Waals surface area contributed by atoms with Crippen molar-refractivity contribution in [3.05, 3.63) is 34.9 Å². The first kappa shape index (κ1) is 9.87. The minimum atomic E-state index is 0.112. The minimum Gasteiger partial charge on any atom is -0.348 e. The molecule has 0 aromatic heterocycles. The van der Waals surface area contributed by atoms with E-state index in [9.17, 15) is 4.79 Å². The SMILES string of the molecule is O=C1CSCC(c2ccc(Cl)cc2)N1. The molecule has 4 heteroatoms. The van der Waals surface area contributed by atoms with E-state index in [1.807, 2.05) is 24.3 Å². The van der Waals surface area contributed by atoms with Gasteiger partial charge in [0.15, 0.2) is 0 Å². The second kappa shape index (κ2) is 4.24. The average molecular weight is 228 g/mol. The number of rotatable bonds is 1. The summed E-state index contributed by atoms with van der Waals surface area (Å²) < 4.78 is 0. The maximum Gasteiger partial charge on any atom is 0.230 e. The van der Waals surface area contributed by atoms with E-state index in [1.165, 1.54) is 0 Å². The van der Waals surface area contributed by atoms with Gasteiger partial charge in [-0.05, 0) is 17.7 Å². The molecule has 1 heterocycles. The number of nitrogens with one attached hydrogen (secondary N) is 1. The molecule has 1 N–H and O–H groups in total. The smallest absolute Gasteiger partial charge is 0.230 e. The third-order valence-electron chi connectivity index (χ3n) is 2.13. The summed E-state index contributed by atoms with van der Waals surface area (Å²) in [6.07, 6.45) is 0. The quantitative estimate of drug-likeness (QED) is 0.798. The van der Waals surface area contributed by atoms with Crippen LogP contribution in [-0.2, 0) is 4.79 Å². The van der Waals surface area contributed by atoms with Crippen LogP contribution in [0.4, 0.5) is 0 Å². The molecule has 1 aliphatic rings. The first-order valence-corrected chi connectivity index (χ1v) is 5.91. The van der Waals surface area contributed by atoms with E-state index < -0.39 is 0 Å². The number of benzene rings is 1. The van der Waals surface area contributed by atoms with Crippen LogP contribution in [0, 0.1) is 0 Å². The standard InChI is InChI=1S/C10H10ClNOS/c11-8-3-1-7(2-4-8)9-5-14-6-10(13)12-9/h1-4,9H,5-6H2,(H,12,13). The van der Waals surface area contributed by atoms with Gasteiger partial charge in [0.1, 0.15) is 0 Å². The molecule has 1 unspecified atom stereocenters. The van der Waals surface area contributed by atoms with Gasteiger partial charge >= 0.3 is 0 Å². The van der Waals surface area contributed by atoms with Crippen molar-refractivity contribution in [2.24, 2.45) is 0 Å². The van der Waals surface area contributed by atoms with E-state index in [0.717, 1.165) is 16.3 Å². The van der Waals surface area contributed by atoms with Gasteiger partial charge in [-0.2, -0.15) is 0 Å². The Kier molecular flexibility index (Phi) is 2.99. The zero-order valence-corrected chi connectivity index (χ0v) is 9.07. The van der Waals surface area contributed by atoms with Crippen LogP contribution < -0.4 is 5.32 Å². The molecule has 1 atom stereocenters. The molecule has 1 amide bonds. The molecule has 74 valence electrons. The largest absolute Gasteiger partial charge is 0.348 e. The van der Waals surface area contributed by atoms with Gasteiger partial charge in [0.05, 0.1) is 11.8 Å². The summed E-state index contributed by atoms with van der Waals surface area (Å²) in [6.45, 7) is 0. The van der Waals surface area contributed by atoms with Crippen LogP contribution in [0.3, 0.4) is 0 Å². The fourth-order valence-corrected chi connectivity index (χ4v) is 2.45. The highest BCUT2D eigenvalue weighted by Crippen LogP contribution is 2.23. The number of halogens is 1. The Labute approximate surface area is 92.0 Å². The lowest BCUT2D eigenvalue weighted by Gasteiger charge is -2.23. The van der Waals surface area contributed by atoms with E-state index in [-0.39, 0.29) is 11.9 Å². The van der Waals surface area contributed by atoms with E-state index in [1.54, 1.807) is 11.8 Å². The van der Waals surface area contributed by atoms with Crippen molar-refractivity contribution in [1.29, 1.82) is 0 Å². The number of hydrogen-bond donors (Lipinski definition) is 1. The van der Waals surface area contributed by atoms with E-state index >= 15 is 0 Å². The molecule has 0 radical (unpaired) electrons. The van der Waals surface area contributed by atoms with Gasteiger partial charge in [-0.25, -0.2) is 0 Å². The predicted octanol–water partition coefficient (Wildman–Crippen LogP) is 2.24. The summed E-state index contributed by atoms with van der Waals surface area (Å²) in [6, 6.07) is 7.75. The first-order valence-electron chi connectivity index (χ1n) is 4.38. The lowest BCUT2D eigenvalue weighted by Crippen LogP contribution is -2.35. The van der Waals surface area contributed by atoms with Crippen molar-refractivity contribution >= 4 is 29.3 Å². The summed E-state index contributed by atoms with van der Waals surface area (Å²) in [5.74, 6) is 1.62. The summed E-state index contributed by atoms with van der Waals surface area (Å²) in [7, 11) is 0. The Morgan fingerprint density at radius 1 is 1.36 bits per heavy atom. The van der Waals surface area contributed by atoms with Gasteiger partial charge in [-0.15, -0.1) is 11.8 Å². The third kappa shape index (κ3) is 2.22. The van der Waals surface area contributed by atoms with Gasteiger partial charge < -0.3 is 5.32 Å². The molecule has 0 saturated carbocycles. The van der Waals surface area contributed by atoms with Crippen molar-refractivity contribution in [3.8, 4) is 0 Å². The first-order chi connectivity index (χ1) is 6.75. The number of carbonyl (C=O) groups excluding carboxylic acids is 1. The van der Waals surface area contributed by atoms with E-state index in [0.29, 0.717) is 5.75 Å². The van der Waals surface area contributed by atoms with E-state index in [4.69, 9.17) is 11.6 Å². The lowest BCUT2D eigenvalue weighted by atomic mass is 10.1. The van der Waals surface area contributed by atoms with E-state index in [2.05, 4.69) is 5.32 Å². The second-order valence-corrected chi connectivity index (χ2v) is 4.65. The molecular formula is C10H10ClNOS. The monoisotopic (exact) mass is 227 g/mol.